The van der Waals surface area contributed by atoms with Gasteiger partial charge in [-0.1, -0.05) is 0 Å². The lowest BCUT2D eigenvalue weighted by molar-refractivity contribution is -0.154. The van der Waals surface area contributed by atoms with Crippen molar-refractivity contribution in [3.8, 4) is 17.1 Å². The van der Waals surface area contributed by atoms with Gasteiger partial charge in [-0.25, -0.2) is 14.4 Å². The average molecular weight is 311 g/mol. The zero-order valence-electron chi connectivity index (χ0n) is 11.0. The van der Waals surface area contributed by atoms with Crippen molar-refractivity contribution in [2.75, 3.05) is 6.61 Å². The number of rotatable bonds is 3. The number of pyridine rings is 1. The minimum absolute atomic E-state index is 0.348. The minimum atomic E-state index is -4.55. The second kappa shape index (κ2) is 5.28. The zero-order valence-corrected chi connectivity index (χ0v) is 11.0. The first kappa shape index (κ1) is 14.3. The van der Waals surface area contributed by atoms with Crippen molar-refractivity contribution >= 4 is 5.52 Å². The van der Waals surface area contributed by atoms with Gasteiger partial charge in [-0.15, -0.1) is 0 Å². The molecule has 0 aromatic carbocycles. The fraction of sp³-hybridized carbons (Fsp3) is 0.143. The van der Waals surface area contributed by atoms with Crippen LogP contribution in [-0.4, -0.2) is 27.2 Å². The van der Waals surface area contributed by atoms with Crippen molar-refractivity contribution in [2.45, 2.75) is 6.18 Å². The van der Waals surface area contributed by atoms with Crippen molar-refractivity contribution in [2.24, 2.45) is 0 Å². The Morgan fingerprint density at radius 1 is 1.18 bits per heavy atom. The van der Waals surface area contributed by atoms with Gasteiger partial charge in [0.05, 0.1) is 12.0 Å². The topological polar surface area (TPSA) is 39.4 Å². The molecular formula is C14H9F4N3O. The van der Waals surface area contributed by atoms with Gasteiger partial charge in [-0.2, -0.15) is 13.2 Å². The predicted molar refractivity (Wildman–Crippen MR) is 69.9 cm³/mol. The van der Waals surface area contributed by atoms with Gasteiger partial charge in [-0.3, -0.25) is 0 Å². The van der Waals surface area contributed by atoms with Gasteiger partial charge in [0.2, 0.25) is 0 Å². The number of aromatic nitrogens is 3. The number of nitrogens with zero attached hydrogens (tertiary/aromatic N) is 3. The Bertz CT molecular complexity index is 813. The summed E-state index contributed by atoms with van der Waals surface area (Å²) < 4.78 is 56.0. The van der Waals surface area contributed by atoms with E-state index in [9.17, 15) is 17.6 Å². The Morgan fingerprint density at radius 2 is 2.00 bits per heavy atom. The van der Waals surface area contributed by atoms with Crippen LogP contribution in [-0.2, 0) is 0 Å². The summed E-state index contributed by atoms with van der Waals surface area (Å²) in [5.41, 5.74) is 1.66. The average Bonchev–Trinajstić information content (AvgIpc) is 2.92. The van der Waals surface area contributed by atoms with Crippen LogP contribution < -0.4 is 4.74 Å². The monoisotopic (exact) mass is 311 g/mol. The van der Waals surface area contributed by atoms with Crippen LogP contribution in [0.3, 0.4) is 0 Å². The van der Waals surface area contributed by atoms with E-state index in [1.165, 1.54) is 6.20 Å². The van der Waals surface area contributed by atoms with Gasteiger partial charge in [0.15, 0.2) is 12.4 Å². The van der Waals surface area contributed by atoms with E-state index >= 15 is 0 Å². The number of hydrogen-bond acceptors (Lipinski definition) is 3. The molecule has 22 heavy (non-hydrogen) atoms. The maximum atomic E-state index is 13.8. The maximum absolute atomic E-state index is 13.8. The largest absolute Gasteiger partial charge is 0.466 e. The van der Waals surface area contributed by atoms with Gasteiger partial charge in [0, 0.05) is 23.5 Å². The van der Waals surface area contributed by atoms with Crippen LogP contribution in [0.2, 0.25) is 0 Å². The van der Waals surface area contributed by atoms with E-state index in [1.54, 1.807) is 23.0 Å². The molecule has 0 radical (unpaired) electrons. The van der Waals surface area contributed by atoms with Crippen LogP contribution >= 0.6 is 0 Å². The smallest absolute Gasteiger partial charge is 0.422 e. The summed E-state index contributed by atoms with van der Waals surface area (Å²) in [5, 5.41) is 0. The number of fused-ring (bicyclic) bond motifs is 1. The highest BCUT2D eigenvalue weighted by Gasteiger charge is 2.29. The molecule has 3 aromatic heterocycles. The van der Waals surface area contributed by atoms with Crippen molar-refractivity contribution in [3.63, 3.8) is 0 Å². The van der Waals surface area contributed by atoms with Crippen molar-refractivity contribution in [3.05, 3.63) is 48.8 Å². The van der Waals surface area contributed by atoms with Crippen LogP contribution in [0.5, 0.6) is 5.88 Å². The summed E-state index contributed by atoms with van der Waals surface area (Å²) in [6.07, 6.45) is 0.0284. The number of ether oxygens (including phenoxy) is 1. The van der Waals surface area contributed by atoms with Crippen LogP contribution in [0.1, 0.15) is 0 Å². The molecule has 0 N–H and O–H groups in total. The molecule has 0 spiro atoms. The first-order valence-electron chi connectivity index (χ1n) is 6.20. The highest BCUT2D eigenvalue weighted by Crippen LogP contribution is 2.24. The van der Waals surface area contributed by atoms with E-state index in [-0.39, 0.29) is 0 Å². The molecule has 0 saturated heterocycles. The second-order valence-corrected chi connectivity index (χ2v) is 4.53. The third-order valence-corrected chi connectivity index (χ3v) is 2.89. The van der Waals surface area contributed by atoms with E-state index in [2.05, 4.69) is 14.7 Å². The van der Waals surface area contributed by atoms with Gasteiger partial charge < -0.3 is 9.14 Å². The van der Waals surface area contributed by atoms with Gasteiger partial charge >= 0.3 is 6.18 Å². The molecule has 0 atom stereocenters. The molecule has 0 unspecified atom stereocenters. The summed E-state index contributed by atoms with van der Waals surface area (Å²) in [5.74, 6) is -1.66. The quantitative estimate of drug-likeness (QED) is 0.695. The number of hydrogen-bond donors (Lipinski definition) is 0. The molecule has 3 heterocycles. The van der Waals surface area contributed by atoms with Crippen LogP contribution in [0, 0.1) is 5.82 Å². The summed E-state index contributed by atoms with van der Waals surface area (Å²) in [6.45, 7) is -1.59. The normalized spacial score (nSPS) is 11.8. The molecule has 114 valence electrons. The fourth-order valence-corrected chi connectivity index (χ4v) is 1.92. The Morgan fingerprint density at radius 3 is 2.73 bits per heavy atom. The van der Waals surface area contributed by atoms with Gasteiger partial charge in [-0.05, 0) is 24.3 Å². The second-order valence-electron chi connectivity index (χ2n) is 4.53. The maximum Gasteiger partial charge on any atom is 0.422 e. The summed E-state index contributed by atoms with van der Waals surface area (Å²) in [4.78, 5) is 7.72. The first-order chi connectivity index (χ1) is 10.4. The van der Waals surface area contributed by atoms with Crippen molar-refractivity contribution in [1.29, 1.82) is 0 Å². The van der Waals surface area contributed by atoms with E-state index < -0.39 is 24.5 Å². The molecule has 3 aromatic rings. The molecule has 0 aliphatic carbocycles. The summed E-state index contributed by atoms with van der Waals surface area (Å²) >= 11 is 0. The zero-order chi connectivity index (χ0) is 15.7. The Kier molecular flexibility index (Phi) is 3.44. The molecule has 4 nitrogen and oxygen atoms in total. The van der Waals surface area contributed by atoms with E-state index in [4.69, 9.17) is 0 Å². The van der Waals surface area contributed by atoms with Crippen molar-refractivity contribution < 1.29 is 22.3 Å². The molecule has 0 aliphatic heterocycles. The van der Waals surface area contributed by atoms with Crippen LogP contribution in [0.4, 0.5) is 17.6 Å². The minimum Gasteiger partial charge on any atom is -0.466 e. The Balaban J connectivity index is 1.87. The van der Waals surface area contributed by atoms with Crippen LogP contribution in [0.15, 0.2) is 43.0 Å². The molecule has 0 amide bonds. The fourth-order valence-electron chi connectivity index (χ4n) is 1.92. The molecule has 0 aliphatic rings. The third-order valence-electron chi connectivity index (χ3n) is 2.89. The molecule has 0 saturated carbocycles. The lowest BCUT2D eigenvalue weighted by atomic mass is 10.2. The molecule has 0 fully saturated rings. The van der Waals surface area contributed by atoms with Crippen LogP contribution in [0.25, 0.3) is 16.8 Å². The first-order valence-corrected chi connectivity index (χ1v) is 6.20. The Hall–Kier alpha value is -2.64. The number of alkyl halides is 3. The van der Waals surface area contributed by atoms with Crippen molar-refractivity contribution in [1.82, 2.24) is 14.4 Å². The van der Waals surface area contributed by atoms with E-state index in [1.807, 2.05) is 12.1 Å². The highest BCUT2D eigenvalue weighted by atomic mass is 19.4. The van der Waals surface area contributed by atoms with Gasteiger partial charge in [0.25, 0.3) is 5.88 Å². The highest BCUT2D eigenvalue weighted by molar-refractivity contribution is 5.64. The third kappa shape index (κ3) is 3.00. The Labute approximate surface area is 122 Å². The predicted octanol–water partition coefficient (Wildman–Crippen LogP) is 3.48. The summed E-state index contributed by atoms with van der Waals surface area (Å²) in [6, 6.07) is 6.43. The lowest BCUT2D eigenvalue weighted by Crippen LogP contribution is -2.20. The standard InChI is InChI=1S/C14H9F4N3O/c15-11-4-9(6-19-13(11)22-7-14(16,17)18)12-5-10-2-1-3-21(10)8-20-12/h1-6,8H,7H2. The van der Waals surface area contributed by atoms with E-state index in [0.717, 1.165) is 11.6 Å². The lowest BCUT2D eigenvalue weighted by Gasteiger charge is -2.09. The van der Waals surface area contributed by atoms with E-state index in [0.29, 0.717) is 11.3 Å². The molecular weight excluding hydrogens is 302 g/mol. The molecule has 8 heteroatoms. The number of halogens is 4. The molecule has 0 bridgehead atoms. The van der Waals surface area contributed by atoms with Gasteiger partial charge in [0.1, 0.15) is 0 Å². The SMILES string of the molecule is Fc1cc(-c2cc3cccn3cn2)cnc1OCC(F)(F)F. The molecule has 3 rings (SSSR count). The summed E-state index contributed by atoms with van der Waals surface area (Å²) in [7, 11) is 0.